The fraction of sp³-hybridized carbons (Fsp3) is 0.556. The van der Waals surface area contributed by atoms with Gasteiger partial charge in [0.25, 0.3) is 0 Å². The van der Waals surface area contributed by atoms with Gasteiger partial charge < -0.3 is 5.32 Å². The second kappa shape index (κ2) is 3.82. The van der Waals surface area contributed by atoms with E-state index in [4.69, 9.17) is 0 Å². The highest BCUT2D eigenvalue weighted by Crippen LogP contribution is 2.28. The molecule has 2 aromatic heterocycles. The SMILES string of the molecule is O=C(NCCc1nn2cnnc2s1)C1CC1. The minimum atomic E-state index is 0.183. The molecule has 16 heavy (non-hydrogen) atoms. The van der Waals surface area contributed by atoms with Crippen LogP contribution in [0.1, 0.15) is 17.8 Å². The van der Waals surface area contributed by atoms with Crippen LogP contribution in [0.3, 0.4) is 0 Å². The van der Waals surface area contributed by atoms with Gasteiger partial charge in [-0.3, -0.25) is 4.79 Å². The standard InChI is InChI=1S/C9H11N5OS/c15-8(6-1-2-6)10-4-3-7-13-14-5-11-12-9(14)16-7/h5-6H,1-4H2,(H,10,15). The molecular formula is C9H11N5OS. The van der Waals surface area contributed by atoms with Gasteiger partial charge in [-0.1, -0.05) is 11.3 Å². The summed E-state index contributed by atoms with van der Waals surface area (Å²) >= 11 is 1.51. The number of carbonyl (C=O) groups excluding carboxylic acids is 1. The van der Waals surface area contributed by atoms with E-state index in [1.54, 1.807) is 10.8 Å². The zero-order chi connectivity index (χ0) is 11.0. The zero-order valence-electron chi connectivity index (χ0n) is 8.59. The fourth-order valence-corrected chi connectivity index (χ4v) is 2.30. The Bertz CT molecular complexity index is 486. The molecule has 1 amide bonds. The molecule has 0 radical (unpaired) electrons. The van der Waals surface area contributed by atoms with Crippen LogP contribution in [0.4, 0.5) is 0 Å². The molecule has 2 heterocycles. The molecular weight excluding hydrogens is 226 g/mol. The van der Waals surface area contributed by atoms with Gasteiger partial charge in [0.1, 0.15) is 11.3 Å². The van der Waals surface area contributed by atoms with Crippen LogP contribution in [0.2, 0.25) is 0 Å². The number of carbonyl (C=O) groups is 1. The van der Waals surface area contributed by atoms with Crippen molar-refractivity contribution < 1.29 is 4.79 Å². The number of fused-ring (bicyclic) bond motifs is 1. The molecule has 84 valence electrons. The Morgan fingerprint density at radius 1 is 1.62 bits per heavy atom. The molecule has 2 aromatic rings. The summed E-state index contributed by atoms with van der Waals surface area (Å²) < 4.78 is 1.66. The van der Waals surface area contributed by atoms with Crippen molar-refractivity contribution in [1.82, 2.24) is 25.1 Å². The minimum Gasteiger partial charge on any atom is -0.355 e. The molecule has 3 rings (SSSR count). The number of aromatic nitrogens is 4. The van der Waals surface area contributed by atoms with Crippen molar-refractivity contribution in [2.75, 3.05) is 6.54 Å². The van der Waals surface area contributed by atoms with Crippen molar-refractivity contribution >= 4 is 22.2 Å². The highest BCUT2D eigenvalue weighted by Gasteiger charge is 2.29. The van der Waals surface area contributed by atoms with Crippen molar-refractivity contribution in [2.24, 2.45) is 5.92 Å². The van der Waals surface area contributed by atoms with Crippen molar-refractivity contribution in [1.29, 1.82) is 0 Å². The molecule has 0 atom stereocenters. The first kappa shape index (κ1) is 9.71. The lowest BCUT2D eigenvalue weighted by Gasteiger charge is -2.00. The van der Waals surface area contributed by atoms with E-state index in [0.717, 1.165) is 29.2 Å². The summed E-state index contributed by atoms with van der Waals surface area (Å²) in [5, 5.41) is 15.8. The van der Waals surface area contributed by atoms with Crippen molar-refractivity contribution in [2.45, 2.75) is 19.3 Å². The number of hydrogen-bond acceptors (Lipinski definition) is 5. The van der Waals surface area contributed by atoms with Crippen LogP contribution in [-0.4, -0.2) is 32.3 Å². The Labute approximate surface area is 95.7 Å². The maximum absolute atomic E-state index is 11.4. The molecule has 0 aromatic carbocycles. The number of nitrogens with zero attached hydrogens (tertiary/aromatic N) is 4. The molecule has 0 bridgehead atoms. The van der Waals surface area contributed by atoms with E-state index in [-0.39, 0.29) is 11.8 Å². The Kier molecular flexibility index (Phi) is 2.32. The third-order valence-corrected chi connectivity index (χ3v) is 3.49. The molecule has 1 fully saturated rings. The lowest BCUT2D eigenvalue weighted by Crippen LogP contribution is -2.26. The van der Waals surface area contributed by atoms with Crippen LogP contribution in [0.5, 0.6) is 0 Å². The van der Waals surface area contributed by atoms with Crippen LogP contribution in [0.15, 0.2) is 6.33 Å². The van der Waals surface area contributed by atoms with Crippen molar-refractivity contribution in [3.05, 3.63) is 11.3 Å². The van der Waals surface area contributed by atoms with Gasteiger partial charge in [0.2, 0.25) is 10.9 Å². The summed E-state index contributed by atoms with van der Waals surface area (Å²) in [6.07, 6.45) is 4.43. The number of nitrogens with one attached hydrogen (secondary N) is 1. The largest absolute Gasteiger partial charge is 0.355 e. The third-order valence-electron chi connectivity index (χ3n) is 2.51. The van der Waals surface area contributed by atoms with E-state index in [0.29, 0.717) is 6.54 Å². The lowest BCUT2D eigenvalue weighted by atomic mass is 10.3. The van der Waals surface area contributed by atoms with E-state index >= 15 is 0 Å². The number of amides is 1. The molecule has 0 aliphatic heterocycles. The summed E-state index contributed by atoms with van der Waals surface area (Å²) in [7, 11) is 0. The van der Waals surface area contributed by atoms with Gasteiger partial charge in [-0.2, -0.15) is 9.61 Å². The minimum absolute atomic E-state index is 0.183. The van der Waals surface area contributed by atoms with E-state index in [1.807, 2.05) is 0 Å². The molecule has 1 saturated carbocycles. The fourth-order valence-electron chi connectivity index (χ4n) is 1.48. The number of rotatable bonds is 4. The molecule has 1 aliphatic carbocycles. The summed E-state index contributed by atoms with van der Waals surface area (Å²) in [6.45, 7) is 0.652. The van der Waals surface area contributed by atoms with Gasteiger partial charge in [-0.25, -0.2) is 0 Å². The van der Waals surface area contributed by atoms with Crippen LogP contribution >= 0.6 is 11.3 Å². The third kappa shape index (κ3) is 1.90. The molecule has 7 heteroatoms. The summed E-state index contributed by atoms with van der Waals surface area (Å²) in [5.41, 5.74) is 0. The molecule has 1 aliphatic rings. The van der Waals surface area contributed by atoms with Crippen molar-refractivity contribution in [3.8, 4) is 0 Å². The Hall–Kier alpha value is -1.50. The van der Waals surface area contributed by atoms with Gasteiger partial charge in [0.05, 0.1) is 0 Å². The van der Waals surface area contributed by atoms with Crippen LogP contribution in [-0.2, 0) is 11.2 Å². The average molecular weight is 237 g/mol. The maximum Gasteiger partial charge on any atom is 0.234 e. The first-order valence-electron chi connectivity index (χ1n) is 5.26. The molecule has 1 N–H and O–H groups in total. The molecule has 0 spiro atoms. The van der Waals surface area contributed by atoms with E-state index in [1.165, 1.54) is 11.3 Å². The Balaban J connectivity index is 1.54. The van der Waals surface area contributed by atoms with Crippen LogP contribution in [0.25, 0.3) is 4.96 Å². The predicted molar refractivity (Wildman–Crippen MR) is 58.1 cm³/mol. The Morgan fingerprint density at radius 3 is 3.25 bits per heavy atom. The lowest BCUT2D eigenvalue weighted by molar-refractivity contribution is -0.122. The Morgan fingerprint density at radius 2 is 2.50 bits per heavy atom. The van der Waals surface area contributed by atoms with Gasteiger partial charge >= 0.3 is 0 Å². The van der Waals surface area contributed by atoms with Crippen LogP contribution in [0, 0.1) is 5.92 Å². The predicted octanol–water partition coefficient (Wildman–Crippen LogP) is 0.254. The average Bonchev–Trinajstić information content (AvgIpc) is 2.91. The molecule has 0 saturated heterocycles. The van der Waals surface area contributed by atoms with Crippen LogP contribution < -0.4 is 5.32 Å². The normalized spacial score (nSPS) is 15.5. The summed E-state index contributed by atoms with van der Waals surface area (Å²) in [4.78, 5) is 12.2. The monoisotopic (exact) mass is 237 g/mol. The van der Waals surface area contributed by atoms with E-state index in [2.05, 4.69) is 20.6 Å². The second-order valence-electron chi connectivity index (χ2n) is 3.87. The molecule has 6 nitrogen and oxygen atoms in total. The number of hydrogen-bond donors (Lipinski definition) is 1. The topological polar surface area (TPSA) is 72.2 Å². The van der Waals surface area contributed by atoms with Crippen molar-refractivity contribution in [3.63, 3.8) is 0 Å². The maximum atomic E-state index is 11.4. The highest BCUT2D eigenvalue weighted by atomic mass is 32.1. The van der Waals surface area contributed by atoms with E-state index in [9.17, 15) is 4.79 Å². The first-order chi connectivity index (χ1) is 7.83. The smallest absolute Gasteiger partial charge is 0.234 e. The summed E-state index contributed by atoms with van der Waals surface area (Å²) in [5.74, 6) is 0.459. The second-order valence-corrected chi connectivity index (χ2v) is 4.91. The zero-order valence-corrected chi connectivity index (χ0v) is 9.40. The van der Waals surface area contributed by atoms with Gasteiger partial charge in [0.15, 0.2) is 0 Å². The molecule has 0 unspecified atom stereocenters. The quantitative estimate of drug-likeness (QED) is 0.827. The van der Waals surface area contributed by atoms with Gasteiger partial charge in [-0.05, 0) is 12.8 Å². The summed E-state index contributed by atoms with van der Waals surface area (Å²) in [6, 6.07) is 0. The highest BCUT2D eigenvalue weighted by molar-refractivity contribution is 7.16. The van der Waals surface area contributed by atoms with E-state index < -0.39 is 0 Å². The first-order valence-corrected chi connectivity index (χ1v) is 6.08. The van der Waals surface area contributed by atoms with Gasteiger partial charge in [-0.15, -0.1) is 10.2 Å². The van der Waals surface area contributed by atoms with Gasteiger partial charge in [0, 0.05) is 18.9 Å².